The van der Waals surface area contributed by atoms with Gasteiger partial charge in [0, 0.05) is 19.8 Å². The summed E-state index contributed by atoms with van der Waals surface area (Å²) in [5, 5.41) is 2.83. The maximum Gasteiger partial charge on any atom is 0.253 e. The van der Waals surface area contributed by atoms with Crippen molar-refractivity contribution in [2.75, 3.05) is 11.9 Å². The molecule has 0 spiro atoms. The van der Waals surface area contributed by atoms with E-state index in [9.17, 15) is 4.79 Å². The molecule has 0 unspecified atom stereocenters. The molecule has 0 atom stereocenters. The Kier molecular flexibility index (Phi) is 4.91. The van der Waals surface area contributed by atoms with E-state index in [1.54, 1.807) is 24.7 Å². The van der Waals surface area contributed by atoms with Gasteiger partial charge >= 0.3 is 0 Å². The van der Waals surface area contributed by atoms with Gasteiger partial charge in [-0.25, -0.2) is 0 Å². The summed E-state index contributed by atoms with van der Waals surface area (Å²) in [6, 6.07) is 15.6. The molecule has 5 heteroatoms. The average Bonchev–Trinajstić information content (AvgIpc) is 3.14. The van der Waals surface area contributed by atoms with Crippen LogP contribution in [0.2, 0.25) is 0 Å². The number of nitrogens with one attached hydrogen (secondary N) is 1. The van der Waals surface area contributed by atoms with Crippen LogP contribution in [0.1, 0.15) is 21.7 Å². The SMILES string of the molecule is CN(Cc1ccccc1)c1cncc(C(=O)NCc2ccco2)c1. The minimum atomic E-state index is -0.172. The molecule has 1 N–H and O–H groups in total. The Balaban J connectivity index is 1.65. The Morgan fingerprint density at radius 1 is 1.17 bits per heavy atom. The highest BCUT2D eigenvalue weighted by molar-refractivity contribution is 5.94. The second-order valence-corrected chi connectivity index (χ2v) is 5.54. The first kappa shape index (κ1) is 15.8. The van der Waals surface area contributed by atoms with E-state index in [1.165, 1.54) is 5.56 Å². The Hall–Kier alpha value is -3.08. The van der Waals surface area contributed by atoms with Crippen LogP contribution in [0.3, 0.4) is 0 Å². The molecule has 1 amide bonds. The fourth-order valence-electron chi connectivity index (χ4n) is 2.39. The van der Waals surface area contributed by atoms with Gasteiger partial charge in [-0.2, -0.15) is 0 Å². The smallest absolute Gasteiger partial charge is 0.253 e. The second-order valence-electron chi connectivity index (χ2n) is 5.54. The predicted octanol–water partition coefficient (Wildman–Crippen LogP) is 3.24. The van der Waals surface area contributed by atoms with Gasteiger partial charge in [0.2, 0.25) is 0 Å². The highest BCUT2D eigenvalue weighted by Crippen LogP contribution is 2.16. The molecule has 122 valence electrons. The van der Waals surface area contributed by atoms with Gasteiger partial charge in [0.15, 0.2) is 0 Å². The Labute approximate surface area is 140 Å². The summed E-state index contributed by atoms with van der Waals surface area (Å²) in [7, 11) is 1.98. The number of amides is 1. The van der Waals surface area contributed by atoms with Crippen molar-refractivity contribution in [2.24, 2.45) is 0 Å². The number of anilines is 1. The molecule has 3 aromatic rings. The maximum atomic E-state index is 12.3. The van der Waals surface area contributed by atoms with E-state index in [0.29, 0.717) is 17.9 Å². The lowest BCUT2D eigenvalue weighted by atomic mass is 10.2. The summed E-state index contributed by atoms with van der Waals surface area (Å²) in [5.74, 6) is 0.544. The number of aromatic nitrogens is 1. The second kappa shape index (κ2) is 7.46. The number of benzene rings is 1. The van der Waals surface area contributed by atoms with Crippen molar-refractivity contribution in [3.8, 4) is 0 Å². The lowest BCUT2D eigenvalue weighted by Gasteiger charge is -2.19. The summed E-state index contributed by atoms with van der Waals surface area (Å²) < 4.78 is 5.21. The summed E-state index contributed by atoms with van der Waals surface area (Å²) >= 11 is 0. The van der Waals surface area contributed by atoms with Crippen LogP contribution in [-0.2, 0) is 13.1 Å². The van der Waals surface area contributed by atoms with Gasteiger partial charge in [0.25, 0.3) is 5.91 Å². The summed E-state index contributed by atoms with van der Waals surface area (Å²) in [4.78, 5) is 18.5. The molecule has 0 fully saturated rings. The zero-order chi connectivity index (χ0) is 16.8. The highest BCUT2D eigenvalue weighted by Gasteiger charge is 2.10. The molecule has 0 radical (unpaired) electrons. The molecule has 2 aromatic heterocycles. The topological polar surface area (TPSA) is 58.4 Å². The molecule has 0 aliphatic carbocycles. The molecule has 1 aromatic carbocycles. The number of pyridine rings is 1. The summed E-state index contributed by atoms with van der Waals surface area (Å²) in [5.41, 5.74) is 2.62. The standard InChI is InChI=1S/C19H19N3O2/c1-22(14-15-6-3-2-4-7-15)17-10-16(11-20-12-17)19(23)21-13-18-8-5-9-24-18/h2-12H,13-14H2,1H3,(H,21,23). The molecular weight excluding hydrogens is 302 g/mol. The van der Waals surface area contributed by atoms with Crippen LogP contribution >= 0.6 is 0 Å². The number of nitrogens with zero attached hydrogens (tertiary/aromatic N) is 2. The van der Waals surface area contributed by atoms with Gasteiger partial charge < -0.3 is 14.6 Å². The van der Waals surface area contributed by atoms with Crippen molar-refractivity contribution < 1.29 is 9.21 Å². The lowest BCUT2D eigenvalue weighted by Crippen LogP contribution is -2.23. The summed E-state index contributed by atoms with van der Waals surface area (Å²) in [6.07, 6.45) is 4.91. The summed E-state index contributed by atoms with van der Waals surface area (Å²) in [6.45, 7) is 1.11. The minimum absolute atomic E-state index is 0.172. The van der Waals surface area contributed by atoms with Crippen LogP contribution in [0, 0.1) is 0 Å². The molecule has 5 nitrogen and oxygen atoms in total. The van der Waals surface area contributed by atoms with E-state index >= 15 is 0 Å². The fraction of sp³-hybridized carbons (Fsp3) is 0.158. The number of carbonyl (C=O) groups excluding carboxylic acids is 1. The lowest BCUT2D eigenvalue weighted by molar-refractivity contribution is 0.0947. The zero-order valence-corrected chi connectivity index (χ0v) is 13.5. The van der Waals surface area contributed by atoms with E-state index in [0.717, 1.165) is 12.2 Å². The van der Waals surface area contributed by atoms with E-state index < -0.39 is 0 Å². The van der Waals surface area contributed by atoms with E-state index in [4.69, 9.17) is 4.42 Å². The van der Waals surface area contributed by atoms with Gasteiger partial charge in [0.1, 0.15) is 5.76 Å². The Morgan fingerprint density at radius 3 is 2.75 bits per heavy atom. The van der Waals surface area contributed by atoms with Crippen molar-refractivity contribution in [3.05, 3.63) is 84.1 Å². The molecule has 24 heavy (non-hydrogen) atoms. The number of carbonyl (C=O) groups is 1. The Morgan fingerprint density at radius 2 is 2.00 bits per heavy atom. The molecule has 0 saturated heterocycles. The molecule has 0 saturated carbocycles. The van der Waals surface area contributed by atoms with Gasteiger partial charge in [-0.1, -0.05) is 30.3 Å². The van der Waals surface area contributed by atoms with E-state index in [1.807, 2.05) is 37.4 Å². The average molecular weight is 321 g/mol. The van der Waals surface area contributed by atoms with Gasteiger partial charge in [-0.15, -0.1) is 0 Å². The minimum Gasteiger partial charge on any atom is -0.467 e. The quantitative estimate of drug-likeness (QED) is 0.757. The van der Waals surface area contributed by atoms with Crippen molar-refractivity contribution >= 4 is 11.6 Å². The first-order valence-corrected chi connectivity index (χ1v) is 7.73. The van der Waals surface area contributed by atoms with E-state index in [2.05, 4.69) is 27.3 Å². The van der Waals surface area contributed by atoms with Crippen molar-refractivity contribution in [2.45, 2.75) is 13.1 Å². The van der Waals surface area contributed by atoms with Crippen LogP contribution in [-0.4, -0.2) is 17.9 Å². The van der Waals surface area contributed by atoms with Crippen LogP contribution in [0.5, 0.6) is 0 Å². The third-order valence-corrected chi connectivity index (χ3v) is 3.69. The van der Waals surface area contributed by atoms with Crippen molar-refractivity contribution in [1.82, 2.24) is 10.3 Å². The van der Waals surface area contributed by atoms with E-state index in [-0.39, 0.29) is 5.91 Å². The molecule has 3 rings (SSSR count). The monoisotopic (exact) mass is 321 g/mol. The van der Waals surface area contributed by atoms with Crippen LogP contribution in [0.4, 0.5) is 5.69 Å². The largest absolute Gasteiger partial charge is 0.467 e. The first-order valence-electron chi connectivity index (χ1n) is 7.73. The molecular formula is C19H19N3O2. The maximum absolute atomic E-state index is 12.3. The van der Waals surface area contributed by atoms with Gasteiger partial charge in [0.05, 0.1) is 30.3 Å². The zero-order valence-electron chi connectivity index (χ0n) is 13.5. The number of furan rings is 1. The van der Waals surface area contributed by atoms with Crippen LogP contribution in [0.25, 0.3) is 0 Å². The van der Waals surface area contributed by atoms with Crippen LogP contribution < -0.4 is 10.2 Å². The Bertz CT molecular complexity index is 785. The van der Waals surface area contributed by atoms with Crippen molar-refractivity contribution in [1.29, 1.82) is 0 Å². The molecule has 0 aliphatic rings. The third-order valence-electron chi connectivity index (χ3n) is 3.69. The number of rotatable bonds is 6. The first-order chi connectivity index (χ1) is 11.7. The fourth-order valence-corrected chi connectivity index (χ4v) is 2.39. The van der Waals surface area contributed by atoms with Crippen molar-refractivity contribution in [3.63, 3.8) is 0 Å². The highest BCUT2D eigenvalue weighted by atomic mass is 16.3. The molecule has 2 heterocycles. The van der Waals surface area contributed by atoms with Gasteiger partial charge in [-0.3, -0.25) is 9.78 Å². The normalized spacial score (nSPS) is 10.4. The molecule has 0 aliphatic heterocycles. The number of hydrogen-bond donors (Lipinski definition) is 1. The van der Waals surface area contributed by atoms with Gasteiger partial charge in [-0.05, 0) is 23.8 Å². The number of hydrogen-bond acceptors (Lipinski definition) is 4. The molecule has 0 bridgehead atoms. The third kappa shape index (κ3) is 4.01. The predicted molar refractivity (Wildman–Crippen MR) is 92.7 cm³/mol. The van der Waals surface area contributed by atoms with Crippen LogP contribution in [0.15, 0.2) is 71.6 Å².